The molecule has 2 saturated heterocycles. The highest BCUT2D eigenvalue weighted by atomic mass is 35.5. The highest BCUT2D eigenvalue weighted by Gasteiger charge is 2.35. The number of hydrogen-bond acceptors (Lipinski definition) is 3. The van der Waals surface area contributed by atoms with Crippen LogP contribution in [0.25, 0.3) is 0 Å². The smallest absolute Gasteiger partial charge is 0.118 e. The Balaban J connectivity index is 0.00000120. The lowest BCUT2D eigenvalue weighted by Gasteiger charge is -2.17. The molecule has 0 bridgehead atoms. The number of nitrogens with one attached hydrogen (secondary N) is 1. The van der Waals surface area contributed by atoms with Gasteiger partial charge in [-0.15, -0.1) is 12.4 Å². The molecule has 0 aromatic heterocycles. The molecule has 100 valence electrons. The third kappa shape index (κ3) is 2.79. The fourth-order valence-electron chi connectivity index (χ4n) is 3.07. The lowest BCUT2D eigenvalue weighted by Crippen LogP contribution is -2.25. The Morgan fingerprint density at radius 3 is 2.33 bits per heavy atom. The summed E-state index contributed by atoms with van der Waals surface area (Å²) >= 11 is 0. The van der Waals surface area contributed by atoms with E-state index in [0.717, 1.165) is 24.1 Å². The summed E-state index contributed by atoms with van der Waals surface area (Å²) in [6.07, 6.45) is 0. The SMILES string of the molecule is COc1ccc(CN2C[C@H]3CNC[C@H]3C2)cc1.Cl. The van der Waals surface area contributed by atoms with Crippen LogP contribution < -0.4 is 10.1 Å². The molecular weight excluding hydrogens is 248 g/mol. The Morgan fingerprint density at radius 2 is 1.78 bits per heavy atom. The first kappa shape index (κ1) is 13.7. The predicted molar refractivity (Wildman–Crippen MR) is 75.4 cm³/mol. The molecule has 0 aliphatic carbocycles. The molecule has 18 heavy (non-hydrogen) atoms. The van der Waals surface area contributed by atoms with Gasteiger partial charge in [0.2, 0.25) is 0 Å². The Kier molecular flexibility index (Phi) is 4.49. The summed E-state index contributed by atoms with van der Waals surface area (Å²) in [4.78, 5) is 2.58. The van der Waals surface area contributed by atoms with Gasteiger partial charge in [0.1, 0.15) is 5.75 Å². The number of halogens is 1. The maximum Gasteiger partial charge on any atom is 0.118 e. The summed E-state index contributed by atoms with van der Waals surface area (Å²) in [6, 6.07) is 8.44. The van der Waals surface area contributed by atoms with E-state index < -0.39 is 0 Å². The first-order valence-corrected chi connectivity index (χ1v) is 6.41. The van der Waals surface area contributed by atoms with Crippen LogP contribution >= 0.6 is 12.4 Å². The van der Waals surface area contributed by atoms with Crippen LogP contribution in [-0.2, 0) is 6.54 Å². The standard InChI is InChI=1S/C14H20N2O.ClH/c1-17-14-4-2-11(3-5-14)8-16-9-12-6-15-7-13(12)10-16;/h2-5,12-13,15H,6-10H2,1H3;1H/t12-,13+;. The molecular formula is C14H21ClN2O. The second-order valence-corrected chi connectivity index (χ2v) is 5.22. The number of likely N-dealkylation sites (tertiary alicyclic amines) is 1. The molecule has 0 amide bonds. The minimum atomic E-state index is 0. The van der Waals surface area contributed by atoms with Gasteiger partial charge in [-0.3, -0.25) is 4.90 Å². The van der Waals surface area contributed by atoms with Crippen molar-refractivity contribution in [3.63, 3.8) is 0 Å². The number of ether oxygens (including phenoxy) is 1. The molecule has 2 fully saturated rings. The fraction of sp³-hybridized carbons (Fsp3) is 0.571. The molecule has 0 unspecified atom stereocenters. The summed E-state index contributed by atoms with van der Waals surface area (Å²) in [5, 5.41) is 3.48. The topological polar surface area (TPSA) is 24.5 Å². The molecule has 3 rings (SSSR count). The van der Waals surface area contributed by atoms with Gasteiger partial charge in [0, 0.05) is 19.6 Å². The molecule has 4 heteroatoms. The van der Waals surface area contributed by atoms with Gasteiger partial charge in [-0.25, -0.2) is 0 Å². The average Bonchev–Trinajstić information content (AvgIpc) is 2.90. The van der Waals surface area contributed by atoms with E-state index in [4.69, 9.17) is 4.74 Å². The molecule has 0 saturated carbocycles. The molecule has 2 aliphatic heterocycles. The third-order valence-corrected chi connectivity index (χ3v) is 4.03. The zero-order valence-corrected chi connectivity index (χ0v) is 11.6. The van der Waals surface area contributed by atoms with Crippen LogP contribution in [0.15, 0.2) is 24.3 Å². The van der Waals surface area contributed by atoms with Crippen molar-refractivity contribution < 1.29 is 4.74 Å². The average molecular weight is 269 g/mol. The van der Waals surface area contributed by atoms with E-state index in [-0.39, 0.29) is 12.4 Å². The van der Waals surface area contributed by atoms with Crippen molar-refractivity contribution >= 4 is 12.4 Å². The molecule has 2 aliphatic rings. The Labute approximate surface area is 115 Å². The third-order valence-electron chi connectivity index (χ3n) is 4.03. The van der Waals surface area contributed by atoms with Crippen molar-refractivity contribution in [2.45, 2.75) is 6.54 Å². The summed E-state index contributed by atoms with van der Waals surface area (Å²) in [6.45, 7) is 6.01. The van der Waals surface area contributed by atoms with E-state index in [0.29, 0.717) is 0 Å². The largest absolute Gasteiger partial charge is 0.497 e. The van der Waals surface area contributed by atoms with Crippen molar-refractivity contribution in [1.29, 1.82) is 0 Å². The highest BCUT2D eigenvalue weighted by molar-refractivity contribution is 5.85. The van der Waals surface area contributed by atoms with E-state index in [9.17, 15) is 0 Å². The van der Waals surface area contributed by atoms with Crippen molar-refractivity contribution in [2.75, 3.05) is 33.3 Å². The van der Waals surface area contributed by atoms with E-state index in [1.807, 2.05) is 12.1 Å². The number of nitrogens with zero attached hydrogens (tertiary/aromatic N) is 1. The Morgan fingerprint density at radius 1 is 1.17 bits per heavy atom. The molecule has 2 heterocycles. The van der Waals surface area contributed by atoms with Crippen LogP contribution in [0.4, 0.5) is 0 Å². The normalized spacial score (nSPS) is 26.7. The molecule has 2 atom stereocenters. The van der Waals surface area contributed by atoms with E-state index in [1.165, 1.54) is 31.7 Å². The number of hydrogen-bond donors (Lipinski definition) is 1. The maximum atomic E-state index is 5.18. The first-order chi connectivity index (χ1) is 8.35. The molecule has 0 radical (unpaired) electrons. The minimum absolute atomic E-state index is 0. The Bertz CT molecular complexity index is 370. The van der Waals surface area contributed by atoms with Gasteiger partial charge in [0.15, 0.2) is 0 Å². The molecule has 1 aromatic carbocycles. The van der Waals surface area contributed by atoms with Crippen molar-refractivity contribution in [3.8, 4) is 5.75 Å². The van der Waals surface area contributed by atoms with Gasteiger partial charge in [-0.1, -0.05) is 12.1 Å². The van der Waals surface area contributed by atoms with Crippen LogP contribution in [0.5, 0.6) is 5.75 Å². The Hall–Kier alpha value is -0.770. The van der Waals surface area contributed by atoms with E-state index in [1.54, 1.807) is 7.11 Å². The fourth-order valence-corrected chi connectivity index (χ4v) is 3.07. The first-order valence-electron chi connectivity index (χ1n) is 6.41. The summed E-state index contributed by atoms with van der Waals surface area (Å²) in [7, 11) is 1.71. The lowest BCUT2D eigenvalue weighted by molar-refractivity contribution is 0.305. The van der Waals surface area contributed by atoms with Gasteiger partial charge in [0.25, 0.3) is 0 Å². The van der Waals surface area contributed by atoms with Gasteiger partial charge in [-0.2, -0.15) is 0 Å². The van der Waals surface area contributed by atoms with E-state index in [2.05, 4.69) is 22.3 Å². The zero-order chi connectivity index (χ0) is 11.7. The zero-order valence-electron chi connectivity index (χ0n) is 10.8. The number of fused-ring (bicyclic) bond motifs is 1. The summed E-state index contributed by atoms with van der Waals surface area (Å²) < 4.78 is 5.18. The molecule has 1 N–H and O–H groups in total. The van der Waals surface area contributed by atoms with Crippen LogP contribution in [0, 0.1) is 11.8 Å². The van der Waals surface area contributed by atoms with Crippen molar-refractivity contribution in [3.05, 3.63) is 29.8 Å². The second kappa shape index (κ2) is 5.91. The van der Waals surface area contributed by atoms with Crippen LogP contribution in [-0.4, -0.2) is 38.2 Å². The number of rotatable bonds is 3. The van der Waals surface area contributed by atoms with Gasteiger partial charge in [0.05, 0.1) is 7.11 Å². The monoisotopic (exact) mass is 268 g/mol. The number of benzene rings is 1. The molecule has 3 nitrogen and oxygen atoms in total. The molecule has 0 spiro atoms. The summed E-state index contributed by atoms with van der Waals surface area (Å²) in [5.41, 5.74) is 1.39. The second-order valence-electron chi connectivity index (χ2n) is 5.22. The van der Waals surface area contributed by atoms with Crippen LogP contribution in [0.1, 0.15) is 5.56 Å². The van der Waals surface area contributed by atoms with Gasteiger partial charge >= 0.3 is 0 Å². The lowest BCUT2D eigenvalue weighted by atomic mass is 10.0. The predicted octanol–water partition coefficient (Wildman–Crippen LogP) is 1.77. The van der Waals surface area contributed by atoms with Crippen molar-refractivity contribution in [2.24, 2.45) is 11.8 Å². The molecule has 1 aromatic rings. The van der Waals surface area contributed by atoms with E-state index >= 15 is 0 Å². The van der Waals surface area contributed by atoms with Crippen LogP contribution in [0.2, 0.25) is 0 Å². The van der Waals surface area contributed by atoms with Crippen molar-refractivity contribution in [1.82, 2.24) is 10.2 Å². The van der Waals surface area contributed by atoms with Gasteiger partial charge < -0.3 is 10.1 Å². The van der Waals surface area contributed by atoms with Crippen LogP contribution in [0.3, 0.4) is 0 Å². The quantitative estimate of drug-likeness (QED) is 0.904. The van der Waals surface area contributed by atoms with Gasteiger partial charge in [-0.05, 0) is 42.6 Å². The minimum Gasteiger partial charge on any atom is -0.497 e. The maximum absolute atomic E-state index is 5.18. The number of methoxy groups -OCH3 is 1. The highest BCUT2D eigenvalue weighted by Crippen LogP contribution is 2.27. The summed E-state index contributed by atoms with van der Waals surface area (Å²) in [5.74, 6) is 2.71.